The summed E-state index contributed by atoms with van der Waals surface area (Å²) in [7, 11) is 1.71. The summed E-state index contributed by atoms with van der Waals surface area (Å²) in [5.41, 5.74) is 2.43. The number of para-hydroxylation sites is 1. The van der Waals surface area contributed by atoms with Gasteiger partial charge in [0.1, 0.15) is 5.75 Å². The molecule has 0 aliphatic rings. The van der Waals surface area contributed by atoms with Crippen molar-refractivity contribution in [2.45, 2.75) is 25.9 Å². The van der Waals surface area contributed by atoms with Gasteiger partial charge in [-0.15, -0.1) is 0 Å². The van der Waals surface area contributed by atoms with Crippen LogP contribution in [0.5, 0.6) is 5.75 Å². The van der Waals surface area contributed by atoms with Gasteiger partial charge in [-0.2, -0.15) is 0 Å². The van der Waals surface area contributed by atoms with Crippen LogP contribution in [0.4, 0.5) is 0 Å². The van der Waals surface area contributed by atoms with Crippen molar-refractivity contribution in [1.29, 1.82) is 0 Å². The van der Waals surface area contributed by atoms with E-state index in [9.17, 15) is 0 Å². The fraction of sp³-hybridized carbons (Fsp3) is 0.294. The van der Waals surface area contributed by atoms with Crippen LogP contribution >= 0.6 is 27.5 Å². The van der Waals surface area contributed by atoms with E-state index in [1.54, 1.807) is 7.11 Å². The second-order valence-corrected chi connectivity index (χ2v) is 6.31. The summed E-state index contributed by atoms with van der Waals surface area (Å²) in [5.74, 6) is 0.945. The van der Waals surface area contributed by atoms with Crippen molar-refractivity contribution in [2.75, 3.05) is 7.11 Å². The molecule has 0 bridgehead atoms. The van der Waals surface area contributed by atoms with Crippen molar-refractivity contribution in [1.82, 2.24) is 5.32 Å². The molecule has 1 atom stereocenters. The first-order valence-electron chi connectivity index (χ1n) is 6.89. The number of benzene rings is 2. The van der Waals surface area contributed by atoms with Gasteiger partial charge in [0, 0.05) is 17.1 Å². The molecule has 1 N–H and O–H groups in total. The summed E-state index contributed by atoms with van der Waals surface area (Å²) >= 11 is 9.45. The first-order chi connectivity index (χ1) is 10.1. The SMILES string of the molecule is COc1ccccc1CC(C)NCc1ccc(Cl)c(Br)c1. The number of methoxy groups -OCH3 is 1. The quantitative estimate of drug-likeness (QED) is 0.788. The van der Waals surface area contributed by atoms with Crippen LogP contribution in [0.3, 0.4) is 0 Å². The van der Waals surface area contributed by atoms with Crippen LogP contribution in [0.2, 0.25) is 5.02 Å². The third-order valence-corrected chi connectivity index (χ3v) is 4.57. The number of halogens is 2. The highest BCUT2D eigenvalue weighted by Gasteiger charge is 2.08. The molecule has 0 saturated heterocycles. The highest BCUT2D eigenvalue weighted by atomic mass is 79.9. The van der Waals surface area contributed by atoms with Gasteiger partial charge in [0.15, 0.2) is 0 Å². The molecule has 112 valence electrons. The van der Waals surface area contributed by atoms with E-state index in [0.29, 0.717) is 6.04 Å². The van der Waals surface area contributed by atoms with E-state index >= 15 is 0 Å². The lowest BCUT2D eigenvalue weighted by Crippen LogP contribution is -2.27. The van der Waals surface area contributed by atoms with Crippen molar-refractivity contribution in [3.8, 4) is 5.75 Å². The van der Waals surface area contributed by atoms with E-state index in [1.807, 2.05) is 36.4 Å². The van der Waals surface area contributed by atoms with Gasteiger partial charge in [0.05, 0.1) is 12.1 Å². The highest BCUT2D eigenvalue weighted by Crippen LogP contribution is 2.23. The first-order valence-corrected chi connectivity index (χ1v) is 8.06. The first kappa shape index (κ1) is 16.3. The van der Waals surface area contributed by atoms with Crippen LogP contribution in [0.15, 0.2) is 46.9 Å². The minimum Gasteiger partial charge on any atom is -0.496 e. The zero-order valence-electron chi connectivity index (χ0n) is 12.2. The molecule has 2 aromatic carbocycles. The molecule has 0 radical (unpaired) electrons. The summed E-state index contributed by atoms with van der Waals surface area (Å²) in [5, 5.41) is 4.26. The Morgan fingerprint density at radius 2 is 2.00 bits per heavy atom. The third kappa shape index (κ3) is 4.73. The molecule has 0 heterocycles. The van der Waals surface area contributed by atoms with E-state index in [4.69, 9.17) is 16.3 Å². The van der Waals surface area contributed by atoms with Crippen molar-refractivity contribution >= 4 is 27.5 Å². The smallest absolute Gasteiger partial charge is 0.122 e. The van der Waals surface area contributed by atoms with Crippen LogP contribution in [0, 0.1) is 0 Å². The molecule has 2 nitrogen and oxygen atoms in total. The number of hydrogen-bond donors (Lipinski definition) is 1. The Kier molecular flexibility index (Phi) is 6.09. The van der Waals surface area contributed by atoms with E-state index < -0.39 is 0 Å². The molecule has 0 amide bonds. The average molecular weight is 369 g/mol. The Morgan fingerprint density at radius 3 is 2.71 bits per heavy atom. The molecule has 0 spiro atoms. The minimum absolute atomic E-state index is 0.357. The molecular formula is C17H19BrClNO. The van der Waals surface area contributed by atoms with Gasteiger partial charge in [0.2, 0.25) is 0 Å². The fourth-order valence-corrected chi connectivity index (χ4v) is 2.76. The Morgan fingerprint density at radius 1 is 1.24 bits per heavy atom. The Hall–Kier alpha value is -1.03. The second kappa shape index (κ2) is 7.83. The number of hydrogen-bond acceptors (Lipinski definition) is 2. The molecule has 0 saturated carbocycles. The monoisotopic (exact) mass is 367 g/mol. The number of rotatable bonds is 6. The van der Waals surface area contributed by atoms with Crippen LogP contribution in [-0.2, 0) is 13.0 Å². The maximum absolute atomic E-state index is 6.00. The normalized spacial score (nSPS) is 12.2. The van der Waals surface area contributed by atoms with Crippen LogP contribution in [-0.4, -0.2) is 13.2 Å². The zero-order chi connectivity index (χ0) is 15.2. The van der Waals surface area contributed by atoms with Gasteiger partial charge >= 0.3 is 0 Å². The van der Waals surface area contributed by atoms with E-state index in [-0.39, 0.29) is 0 Å². The van der Waals surface area contributed by atoms with Crippen molar-refractivity contribution in [3.05, 3.63) is 63.1 Å². The molecule has 2 aromatic rings. The average Bonchev–Trinajstić information content (AvgIpc) is 2.49. The van der Waals surface area contributed by atoms with Gasteiger partial charge in [-0.3, -0.25) is 0 Å². The molecule has 2 rings (SSSR count). The highest BCUT2D eigenvalue weighted by molar-refractivity contribution is 9.10. The predicted octanol–water partition coefficient (Wildman–Crippen LogP) is 4.83. The molecular weight excluding hydrogens is 350 g/mol. The van der Waals surface area contributed by atoms with Crippen LogP contribution in [0.25, 0.3) is 0 Å². The van der Waals surface area contributed by atoms with Gasteiger partial charge in [-0.1, -0.05) is 35.9 Å². The summed E-state index contributed by atoms with van der Waals surface area (Å²) in [6.45, 7) is 2.99. The van der Waals surface area contributed by atoms with Gasteiger partial charge in [-0.05, 0) is 58.6 Å². The lowest BCUT2D eigenvalue weighted by Gasteiger charge is -2.16. The molecule has 0 aliphatic heterocycles. The predicted molar refractivity (Wildman–Crippen MR) is 92.2 cm³/mol. The third-order valence-electron chi connectivity index (χ3n) is 3.36. The van der Waals surface area contributed by atoms with Gasteiger partial charge < -0.3 is 10.1 Å². The van der Waals surface area contributed by atoms with Crippen LogP contribution < -0.4 is 10.1 Å². The molecule has 21 heavy (non-hydrogen) atoms. The molecule has 0 fully saturated rings. The topological polar surface area (TPSA) is 21.3 Å². The maximum atomic E-state index is 6.00. The van der Waals surface area contributed by atoms with Crippen LogP contribution in [0.1, 0.15) is 18.1 Å². The maximum Gasteiger partial charge on any atom is 0.122 e. The van der Waals surface area contributed by atoms with E-state index in [0.717, 1.165) is 28.2 Å². The number of ether oxygens (including phenoxy) is 1. The summed E-state index contributed by atoms with van der Waals surface area (Å²) in [4.78, 5) is 0. The van der Waals surface area contributed by atoms with E-state index in [1.165, 1.54) is 11.1 Å². The Bertz CT molecular complexity index is 603. The molecule has 1 unspecified atom stereocenters. The van der Waals surface area contributed by atoms with Crippen molar-refractivity contribution in [2.24, 2.45) is 0 Å². The Labute approximate surface area is 139 Å². The largest absolute Gasteiger partial charge is 0.496 e. The van der Waals surface area contributed by atoms with Crippen molar-refractivity contribution < 1.29 is 4.74 Å². The van der Waals surface area contributed by atoms with E-state index in [2.05, 4.69) is 34.2 Å². The standard InChI is InChI=1S/C17H19BrClNO/c1-12(9-14-5-3-4-6-17(14)21-2)20-11-13-7-8-16(19)15(18)10-13/h3-8,10,12,20H,9,11H2,1-2H3. The molecule has 0 aliphatic carbocycles. The lowest BCUT2D eigenvalue weighted by atomic mass is 10.1. The number of nitrogens with one attached hydrogen (secondary N) is 1. The summed E-state index contributed by atoms with van der Waals surface area (Å²) < 4.78 is 6.32. The van der Waals surface area contributed by atoms with Crippen molar-refractivity contribution in [3.63, 3.8) is 0 Å². The molecule has 4 heteroatoms. The second-order valence-electron chi connectivity index (χ2n) is 5.05. The Balaban J connectivity index is 1.92. The van der Waals surface area contributed by atoms with Gasteiger partial charge in [0.25, 0.3) is 0 Å². The minimum atomic E-state index is 0.357. The summed E-state index contributed by atoms with van der Waals surface area (Å²) in [6.07, 6.45) is 0.929. The summed E-state index contributed by atoms with van der Waals surface area (Å²) in [6, 6.07) is 14.5. The lowest BCUT2D eigenvalue weighted by molar-refractivity contribution is 0.406. The van der Waals surface area contributed by atoms with Gasteiger partial charge in [-0.25, -0.2) is 0 Å². The molecule has 0 aromatic heterocycles. The fourth-order valence-electron chi connectivity index (χ4n) is 2.22. The zero-order valence-corrected chi connectivity index (χ0v) is 14.5.